The van der Waals surface area contributed by atoms with Crippen LogP contribution in [0.1, 0.15) is 22.3 Å². The Morgan fingerprint density at radius 3 is 1.63 bits per heavy atom. The Labute approximate surface area is 382 Å². The van der Waals surface area contributed by atoms with E-state index in [-0.39, 0.29) is 0 Å². The fourth-order valence-corrected chi connectivity index (χ4v) is 12.1. The highest BCUT2D eigenvalue weighted by Crippen LogP contribution is 2.59. The van der Waals surface area contributed by atoms with Crippen molar-refractivity contribution in [1.29, 1.82) is 0 Å². The maximum absolute atomic E-state index is 2.50. The van der Waals surface area contributed by atoms with Gasteiger partial charge in [-0.2, -0.15) is 0 Å². The second-order valence-electron chi connectivity index (χ2n) is 17.1. The first kappa shape index (κ1) is 37.5. The number of rotatable bonds is 7. The van der Waals surface area contributed by atoms with Gasteiger partial charge in [0, 0.05) is 37.1 Å². The van der Waals surface area contributed by atoms with Crippen molar-refractivity contribution in [2.45, 2.75) is 5.41 Å². The molecule has 1 heterocycles. The van der Waals surface area contributed by atoms with Gasteiger partial charge in [-0.1, -0.05) is 206 Å². The first-order valence-electron chi connectivity index (χ1n) is 22.4. The van der Waals surface area contributed by atoms with E-state index in [1.165, 1.54) is 97.4 Å². The number of hydrogen-bond acceptors (Lipinski definition) is 2. The topological polar surface area (TPSA) is 3.24 Å². The molecule has 0 unspecified atom stereocenters. The number of anilines is 3. The molecule has 1 nitrogen and oxygen atoms in total. The molecule has 13 rings (SSSR count). The summed E-state index contributed by atoms with van der Waals surface area (Å²) in [7, 11) is 0. The summed E-state index contributed by atoms with van der Waals surface area (Å²) in [5.41, 5.74) is 15.4. The van der Waals surface area contributed by atoms with Crippen LogP contribution in [0.15, 0.2) is 249 Å². The largest absolute Gasteiger partial charge is 0.310 e. The summed E-state index contributed by atoms with van der Waals surface area (Å²) in [6.45, 7) is 0. The molecule has 1 aliphatic carbocycles. The molecule has 0 amide bonds. The molecule has 0 N–H and O–H groups in total. The fourth-order valence-electron chi connectivity index (χ4n) is 11.0. The van der Waals surface area contributed by atoms with E-state index in [1.54, 1.807) is 0 Å². The van der Waals surface area contributed by atoms with E-state index in [2.05, 4.69) is 254 Å². The Hall–Kier alpha value is -8.04. The van der Waals surface area contributed by atoms with Gasteiger partial charge in [0.1, 0.15) is 0 Å². The van der Waals surface area contributed by atoms with Crippen LogP contribution in [0.4, 0.5) is 17.1 Å². The van der Waals surface area contributed by atoms with Crippen LogP contribution in [0.25, 0.3) is 75.1 Å². The van der Waals surface area contributed by atoms with E-state index in [4.69, 9.17) is 0 Å². The van der Waals surface area contributed by atoms with E-state index in [0.29, 0.717) is 0 Å². The summed E-state index contributed by atoms with van der Waals surface area (Å²) in [5.74, 6) is 0. The molecule has 65 heavy (non-hydrogen) atoms. The van der Waals surface area contributed by atoms with Crippen LogP contribution in [0.5, 0.6) is 0 Å². The number of benzene rings is 11. The van der Waals surface area contributed by atoms with E-state index < -0.39 is 5.41 Å². The first-order chi connectivity index (χ1) is 32.3. The Bertz CT molecular complexity index is 3730. The summed E-state index contributed by atoms with van der Waals surface area (Å²) in [6.07, 6.45) is 0. The highest BCUT2D eigenvalue weighted by molar-refractivity contribution is 7.25. The average Bonchev–Trinajstić information content (AvgIpc) is 3.91. The Morgan fingerprint density at radius 1 is 0.323 bits per heavy atom. The molecule has 0 radical (unpaired) electrons. The fraction of sp³-hybridized carbons (Fsp3) is 0.0159. The molecule has 0 atom stereocenters. The predicted octanol–water partition coefficient (Wildman–Crippen LogP) is 17.5. The van der Waals surface area contributed by atoms with Gasteiger partial charge in [0.2, 0.25) is 0 Å². The van der Waals surface area contributed by atoms with Crippen molar-refractivity contribution in [2.75, 3.05) is 4.90 Å². The molecule has 304 valence electrons. The van der Waals surface area contributed by atoms with Gasteiger partial charge in [-0.05, 0) is 114 Å². The molecular weight excluding hydrogens is 803 g/mol. The standard InChI is InChI=1S/C63H41NS/c1-3-19-44(20-4-1)63(45-21-5-2-6-22-45)57-31-11-9-25-55(57)62-58(63)32-16-33-59(62)64(47-39-40-61-56(41-47)54-24-10-12-34-60(54)65-61)46-37-35-43(36-38-46)49-26-14-29-52-51(49)28-15-30-53(52)50-27-13-18-42-17-7-8-23-48(42)50/h1-41H. The Morgan fingerprint density at radius 2 is 0.846 bits per heavy atom. The van der Waals surface area contributed by atoms with Crippen molar-refractivity contribution in [3.63, 3.8) is 0 Å². The molecule has 0 aliphatic heterocycles. The minimum absolute atomic E-state index is 0.507. The van der Waals surface area contributed by atoms with Crippen molar-refractivity contribution in [1.82, 2.24) is 0 Å². The molecule has 1 aliphatic rings. The molecule has 2 heteroatoms. The lowest BCUT2D eigenvalue weighted by Gasteiger charge is -2.34. The van der Waals surface area contributed by atoms with Crippen LogP contribution in [0.3, 0.4) is 0 Å². The summed E-state index contributed by atoms with van der Waals surface area (Å²) >= 11 is 1.86. The van der Waals surface area contributed by atoms with Crippen molar-refractivity contribution in [3.8, 4) is 33.4 Å². The van der Waals surface area contributed by atoms with Crippen molar-refractivity contribution in [2.24, 2.45) is 0 Å². The quantitative estimate of drug-likeness (QED) is 0.154. The number of hydrogen-bond donors (Lipinski definition) is 0. The molecule has 0 spiro atoms. The third-order valence-electron chi connectivity index (χ3n) is 13.8. The van der Waals surface area contributed by atoms with Gasteiger partial charge < -0.3 is 4.90 Å². The third-order valence-corrected chi connectivity index (χ3v) is 14.9. The lowest BCUT2D eigenvalue weighted by Crippen LogP contribution is -2.28. The number of thiophene rings is 1. The zero-order valence-electron chi connectivity index (χ0n) is 35.5. The van der Waals surface area contributed by atoms with Gasteiger partial charge >= 0.3 is 0 Å². The van der Waals surface area contributed by atoms with E-state index in [0.717, 1.165) is 17.1 Å². The highest BCUT2D eigenvalue weighted by Gasteiger charge is 2.47. The average molecular weight is 844 g/mol. The van der Waals surface area contributed by atoms with E-state index in [9.17, 15) is 0 Å². The molecule has 0 saturated carbocycles. The minimum Gasteiger partial charge on any atom is -0.310 e. The highest BCUT2D eigenvalue weighted by atomic mass is 32.1. The SMILES string of the molecule is c1ccc(C2(c3ccccc3)c3ccccc3-c3c(N(c4ccc(-c5cccc6c(-c7cccc8ccccc78)cccc56)cc4)c4ccc5sc6ccccc6c5c4)cccc32)cc1. The van der Waals surface area contributed by atoms with Crippen LogP contribution in [0.2, 0.25) is 0 Å². The van der Waals surface area contributed by atoms with Gasteiger partial charge in [-0.15, -0.1) is 11.3 Å². The lowest BCUT2D eigenvalue weighted by molar-refractivity contribution is 0.768. The van der Waals surface area contributed by atoms with Gasteiger partial charge in [0.05, 0.1) is 11.1 Å². The molecule has 0 fully saturated rings. The van der Waals surface area contributed by atoms with Gasteiger partial charge in [0.15, 0.2) is 0 Å². The zero-order chi connectivity index (χ0) is 42.9. The van der Waals surface area contributed by atoms with E-state index >= 15 is 0 Å². The maximum Gasteiger partial charge on any atom is 0.0714 e. The third kappa shape index (κ3) is 5.78. The van der Waals surface area contributed by atoms with Crippen LogP contribution in [0, 0.1) is 0 Å². The van der Waals surface area contributed by atoms with Crippen LogP contribution < -0.4 is 4.90 Å². The number of fused-ring (bicyclic) bond motifs is 8. The van der Waals surface area contributed by atoms with Gasteiger partial charge in [-0.25, -0.2) is 0 Å². The second kappa shape index (κ2) is 15.1. The second-order valence-corrected chi connectivity index (χ2v) is 18.2. The monoisotopic (exact) mass is 843 g/mol. The number of nitrogens with zero attached hydrogens (tertiary/aromatic N) is 1. The summed E-state index contributed by atoms with van der Waals surface area (Å²) in [6, 6.07) is 92.1. The van der Waals surface area contributed by atoms with E-state index in [1.807, 2.05) is 11.3 Å². The van der Waals surface area contributed by atoms with Gasteiger partial charge in [0.25, 0.3) is 0 Å². The zero-order valence-corrected chi connectivity index (χ0v) is 36.3. The molecule has 0 bridgehead atoms. The normalized spacial score (nSPS) is 12.7. The molecule has 1 aromatic heterocycles. The van der Waals surface area contributed by atoms with Crippen LogP contribution in [-0.4, -0.2) is 0 Å². The maximum atomic E-state index is 2.50. The van der Waals surface area contributed by atoms with Crippen molar-refractivity contribution >= 4 is 70.1 Å². The van der Waals surface area contributed by atoms with Crippen LogP contribution >= 0.6 is 11.3 Å². The minimum atomic E-state index is -0.507. The smallest absolute Gasteiger partial charge is 0.0714 e. The molecule has 12 aromatic rings. The van der Waals surface area contributed by atoms with Gasteiger partial charge in [-0.3, -0.25) is 0 Å². The summed E-state index contributed by atoms with van der Waals surface area (Å²) < 4.78 is 2.60. The lowest BCUT2D eigenvalue weighted by atomic mass is 9.68. The summed E-state index contributed by atoms with van der Waals surface area (Å²) in [5, 5.41) is 7.58. The van der Waals surface area contributed by atoms with Crippen molar-refractivity contribution in [3.05, 3.63) is 271 Å². The first-order valence-corrected chi connectivity index (χ1v) is 23.2. The van der Waals surface area contributed by atoms with Crippen LogP contribution in [-0.2, 0) is 5.41 Å². The predicted molar refractivity (Wildman–Crippen MR) is 277 cm³/mol. The summed E-state index contributed by atoms with van der Waals surface area (Å²) in [4.78, 5) is 2.50. The van der Waals surface area contributed by atoms with Crippen molar-refractivity contribution < 1.29 is 0 Å². The Balaban J connectivity index is 1.02. The molecule has 0 saturated heterocycles. The molecule has 11 aromatic carbocycles. The Kier molecular flexibility index (Phi) is 8.69. The molecular formula is C63H41NS.